The number of benzene rings is 1. The fourth-order valence-corrected chi connectivity index (χ4v) is 2.97. The van der Waals surface area contributed by atoms with Crippen molar-refractivity contribution in [1.29, 1.82) is 0 Å². The molecule has 1 unspecified atom stereocenters. The minimum atomic E-state index is -0.690. The van der Waals surface area contributed by atoms with Crippen LogP contribution in [0.3, 0.4) is 0 Å². The molecule has 20 heavy (non-hydrogen) atoms. The molecule has 0 radical (unpaired) electrons. The first-order chi connectivity index (χ1) is 9.50. The highest BCUT2D eigenvalue weighted by Crippen LogP contribution is 2.32. The number of anilines is 1. The van der Waals surface area contributed by atoms with E-state index in [0.717, 1.165) is 0 Å². The first-order valence-corrected chi connectivity index (χ1v) is 7.64. The topological polar surface area (TPSA) is 23.5 Å². The van der Waals surface area contributed by atoms with Crippen LogP contribution in [0.1, 0.15) is 37.3 Å². The van der Waals surface area contributed by atoms with Crippen LogP contribution in [0.25, 0.3) is 0 Å². The van der Waals surface area contributed by atoms with Crippen molar-refractivity contribution in [3.05, 3.63) is 52.0 Å². The van der Waals surface area contributed by atoms with E-state index in [9.17, 15) is 9.50 Å². The van der Waals surface area contributed by atoms with Crippen LogP contribution in [0.2, 0.25) is 0 Å². The standard InChI is InChI=1S/C16H20FNOS/c1-11(2)18(10-13-6-5-9-20-13)16-14(12(3)19)7-4-8-15(16)17/h4-9,11-12,19H,10H2,1-3H3. The fraction of sp³-hybridized carbons (Fsp3) is 0.375. The zero-order chi connectivity index (χ0) is 14.7. The van der Waals surface area contributed by atoms with Crippen LogP contribution in [0.5, 0.6) is 0 Å². The van der Waals surface area contributed by atoms with Crippen molar-refractivity contribution < 1.29 is 9.50 Å². The third kappa shape index (κ3) is 3.19. The van der Waals surface area contributed by atoms with E-state index >= 15 is 0 Å². The second-order valence-electron chi connectivity index (χ2n) is 5.15. The summed E-state index contributed by atoms with van der Waals surface area (Å²) in [4.78, 5) is 3.18. The van der Waals surface area contributed by atoms with Crippen LogP contribution >= 0.6 is 11.3 Å². The summed E-state index contributed by atoms with van der Waals surface area (Å²) < 4.78 is 14.3. The maximum Gasteiger partial charge on any atom is 0.146 e. The van der Waals surface area contributed by atoms with Gasteiger partial charge in [-0.05, 0) is 38.3 Å². The normalized spacial score (nSPS) is 12.7. The quantitative estimate of drug-likeness (QED) is 0.885. The van der Waals surface area contributed by atoms with Gasteiger partial charge in [0.25, 0.3) is 0 Å². The number of hydrogen-bond acceptors (Lipinski definition) is 3. The smallest absolute Gasteiger partial charge is 0.146 e. The van der Waals surface area contributed by atoms with E-state index in [0.29, 0.717) is 17.8 Å². The fourth-order valence-electron chi connectivity index (χ4n) is 2.26. The highest BCUT2D eigenvalue weighted by atomic mass is 32.1. The van der Waals surface area contributed by atoms with Crippen LogP contribution in [-0.4, -0.2) is 11.1 Å². The summed E-state index contributed by atoms with van der Waals surface area (Å²) in [5.41, 5.74) is 1.14. The number of rotatable bonds is 5. The number of halogens is 1. The molecule has 0 fully saturated rings. The van der Waals surface area contributed by atoms with E-state index in [1.165, 1.54) is 10.9 Å². The third-order valence-electron chi connectivity index (χ3n) is 3.28. The van der Waals surface area contributed by atoms with Gasteiger partial charge in [-0.25, -0.2) is 4.39 Å². The molecule has 2 rings (SSSR count). The first kappa shape index (κ1) is 15.0. The molecule has 2 nitrogen and oxygen atoms in total. The van der Waals surface area contributed by atoms with E-state index in [1.807, 2.05) is 36.3 Å². The van der Waals surface area contributed by atoms with Gasteiger partial charge in [-0.2, -0.15) is 0 Å². The molecule has 1 atom stereocenters. The number of hydrogen-bond donors (Lipinski definition) is 1. The Kier molecular flexibility index (Phi) is 4.78. The van der Waals surface area contributed by atoms with Gasteiger partial charge >= 0.3 is 0 Å². The average molecular weight is 293 g/mol. The van der Waals surface area contributed by atoms with Crippen molar-refractivity contribution in [2.45, 2.75) is 39.5 Å². The summed E-state index contributed by atoms with van der Waals surface area (Å²) in [5.74, 6) is -0.284. The van der Waals surface area contributed by atoms with Crippen molar-refractivity contribution >= 4 is 17.0 Å². The highest BCUT2D eigenvalue weighted by Gasteiger charge is 2.21. The number of para-hydroxylation sites is 1. The molecule has 4 heteroatoms. The average Bonchev–Trinajstić information content (AvgIpc) is 2.88. The lowest BCUT2D eigenvalue weighted by Crippen LogP contribution is -2.31. The molecule has 1 aromatic heterocycles. The number of aliphatic hydroxyl groups excluding tert-OH is 1. The Bertz CT molecular complexity index is 552. The SMILES string of the molecule is CC(O)c1cccc(F)c1N(Cc1cccs1)C(C)C. The molecule has 1 aromatic carbocycles. The Morgan fingerprint density at radius 1 is 1.20 bits per heavy atom. The van der Waals surface area contributed by atoms with Crippen LogP contribution in [0, 0.1) is 5.82 Å². The molecule has 0 saturated carbocycles. The molecular formula is C16H20FNOS. The van der Waals surface area contributed by atoms with E-state index in [1.54, 1.807) is 30.4 Å². The molecule has 0 aliphatic carbocycles. The minimum absolute atomic E-state index is 0.145. The van der Waals surface area contributed by atoms with Gasteiger partial charge < -0.3 is 10.0 Å². The molecule has 1 N–H and O–H groups in total. The van der Waals surface area contributed by atoms with Gasteiger partial charge in [-0.3, -0.25) is 0 Å². The zero-order valence-electron chi connectivity index (χ0n) is 12.0. The molecule has 0 bridgehead atoms. The predicted molar refractivity (Wildman–Crippen MR) is 82.7 cm³/mol. The van der Waals surface area contributed by atoms with Crippen molar-refractivity contribution in [2.24, 2.45) is 0 Å². The van der Waals surface area contributed by atoms with Crippen molar-refractivity contribution in [3.8, 4) is 0 Å². The molecule has 0 aliphatic heterocycles. The van der Waals surface area contributed by atoms with Crippen LogP contribution in [0.4, 0.5) is 10.1 Å². The molecule has 0 aliphatic rings. The van der Waals surface area contributed by atoms with Crippen LogP contribution in [-0.2, 0) is 6.54 Å². The van der Waals surface area contributed by atoms with Gasteiger partial charge in [-0.15, -0.1) is 11.3 Å². The van der Waals surface area contributed by atoms with E-state index in [-0.39, 0.29) is 11.9 Å². The summed E-state index contributed by atoms with van der Waals surface area (Å²) in [7, 11) is 0. The molecular weight excluding hydrogens is 273 g/mol. The Hall–Kier alpha value is -1.39. The minimum Gasteiger partial charge on any atom is -0.389 e. The van der Waals surface area contributed by atoms with Crippen molar-refractivity contribution in [3.63, 3.8) is 0 Å². The van der Waals surface area contributed by atoms with Crippen LogP contribution < -0.4 is 4.90 Å². The Labute approximate surface area is 123 Å². The molecule has 0 amide bonds. The monoisotopic (exact) mass is 293 g/mol. The number of aliphatic hydroxyl groups is 1. The lowest BCUT2D eigenvalue weighted by Gasteiger charge is -2.31. The Balaban J connectivity index is 2.44. The van der Waals surface area contributed by atoms with Crippen molar-refractivity contribution in [2.75, 3.05) is 4.90 Å². The van der Waals surface area contributed by atoms with E-state index < -0.39 is 6.10 Å². The summed E-state index contributed by atoms with van der Waals surface area (Å²) in [6, 6.07) is 9.06. The summed E-state index contributed by atoms with van der Waals surface area (Å²) in [5, 5.41) is 11.9. The number of nitrogens with zero attached hydrogens (tertiary/aromatic N) is 1. The maximum atomic E-state index is 14.3. The molecule has 108 valence electrons. The second-order valence-corrected chi connectivity index (χ2v) is 6.19. The molecule has 1 heterocycles. The van der Waals surface area contributed by atoms with E-state index in [4.69, 9.17) is 0 Å². The maximum absolute atomic E-state index is 14.3. The van der Waals surface area contributed by atoms with E-state index in [2.05, 4.69) is 0 Å². The van der Waals surface area contributed by atoms with Gasteiger partial charge in [0, 0.05) is 16.5 Å². The molecule has 0 spiro atoms. The predicted octanol–water partition coefficient (Wildman–Crippen LogP) is 4.36. The number of thiophene rings is 1. The summed E-state index contributed by atoms with van der Waals surface area (Å²) in [6.45, 7) is 6.38. The lowest BCUT2D eigenvalue weighted by molar-refractivity contribution is 0.199. The summed E-state index contributed by atoms with van der Waals surface area (Å²) in [6.07, 6.45) is -0.690. The highest BCUT2D eigenvalue weighted by molar-refractivity contribution is 7.09. The van der Waals surface area contributed by atoms with Gasteiger partial charge in [0.2, 0.25) is 0 Å². The summed E-state index contributed by atoms with van der Waals surface area (Å²) >= 11 is 1.66. The van der Waals surface area contributed by atoms with Gasteiger partial charge in [0.05, 0.1) is 18.3 Å². The lowest BCUT2D eigenvalue weighted by atomic mass is 10.1. The Morgan fingerprint density at radius 3 is 2.50 bits per heavy atom. The molecule has 0 saturated heterocycles. The van der Waals surface area contributed by atoms with Crippen molar-refractivity contribution in [1.82, 2.24) is 0 Å². The van der Waals surface area contributed by atoms with Gasteiger partial charge in [0.15, 0.2) is 0 Å². The zero-order valence-corrected chi connectivity index (χ0v) is 12.8. The second kappa shape index (κ2) is 6.37. The Morgan fingerprint density at radius 2 is 1.95 bits per heavy atom. The first-order valence-electron chi connectivity index (χ1n) is 6.76. The third-order valence-corrected chi connectivity index (χ3v) is 4.15. The van der Waals surface area contributed by atoms with Gasteiger partial charge in [0.1, 0.15) is 5.82 Å². The van der Waals surface area contributed by atoms with Crippen LogP contribution in [0.15, 0.2) is 35.7 Å². The van der Waals surface area contributed by atoms with Gasteiger partial charge in [-0.1, -0.05) is 18.2 Å². The largest absolute Gasteiger partial charge is 0.389 e. The molecule has 2 aromatic rings.